The van der Waals surface area contributed by atoms with Crippen molar-refractivity contribution in [2.24, 2.45) is 0 Å². The van der Waals surface area contributed by atoms with E-state index in [0.717, 1.165) is 0 Å². The molecule has 166 valence electrons. The number of alkyl halides is 6. The number of halogens is 6. The van der Waals surface area contributed by atoms with Gasteiger partial charge in [0.1, 0.15) is 0 Å². The maximum atomic E-state index is 13.4. The summed E-state index contributed by atoms with van der Waals surface area (Å²) in [4.78, 5) is 0. The molecule has 0 unspecified atom stereocenters. The van der Waals surface area contributed by atoms with Crippen LogP contribution in [0.1, 0.15) is 0 Å². The molecule has 0 bridgehead atoms. The first-order chi connectivity index (χ1) is 14.6. The van der Waals surface area contributed by atoms with Crippen molar-refractivity contribution in [2.45, 2.75) is 12.4 Å². The van der Waals surface area contributed by atoms with Crippen molar-refractivity contribution in [1.29, 1.82) is 0 Å². The molecule has 0 heterocycles. The molecule has 0 saturated heterocycles. The van der Waals surface area contributed by atoms with Crippen LogP contribution >= 0.6 is 7.06 Å². The van der Waals surface area contributed by atoms with Crippen molar-refractivity contribution in [3.8, 4) is 0 Å². The predicted octanol–water partition coefficient (Wildman–Crippen LogP) is 5.50. The van der Waals surface area contributed by atoms with Gasteiger partial charge >= 0.3 is 175 Å². The zero-order chi connectivity index (χ0) is 22.6. The van der Waals surface area contributed by atoms with Gasteiger partial charge in [-0.05, 0) is 0 Å². The summed E-state index contributed by atoms with van der Waals surface area (Å²) in [5.41, 5.74) is 0. The minimum atomic E-state index is -5.16. The van der Waals surface area contributed by atoms with Gasteiger partial charge in [-0.2, -0.15) is 0 Å². The minimum absolute atomic E-state index is 0.0967. The van der Waals surface area contributed by atoms with Gasteiger partial charge in [0.2, 0.25) is 0 Å². The topological polar surface area (TPSA) is 18.5 Å². The molecule has 9 heteroatoms. The molecule has 31 heavy (non-hydrogen) atoms. The molecule has 0 N–H and O–H groups in total. The van der Waals surface area contributed by atoms with E-state index in [4.69, 9.17) is 9.05 Å². The molecule has 0 aliphatic rings. The standard InChI is InChI=1S/C22H19F6O2P/c23-21(24,25)16-29-31(30-17-22(26,27)28,18-10-4-1-5-11-18,19-12-6-2-7-13-19)20-14-8-3-9-15-20/h1-15H,16-17H2. The Morgan fingerprint density at radius 1 is 0.484 bits per heavy atom. The molecule has 0 radical (unpaired) electrons. The first-order valence-electron chi connectivity index (χ1n) is 9.19. The molecule has 0 aliphatic heterocycles. The van der Waals surface area contributed by atoms with Gasteiger partial charge in [0.25, 0.3) is 0 Å². The van der Waals surface area contributed by atoms with E-state index in [1.807, 2.05) is 0 Å². The molecule has 0 atom stereocenters. The summed E-state index contributed by atoms with van der Waals surface area (Å²) in [5.74, 6) is 0. The van der Waals surface area contributed by atoms with Gasteiger partial charge in [-0.15, -0.1) is 0 Å². The molecule has 3 aromatic rings. The summed E-state index contributed by atoms with van der Waals surface area (Å²) in [6.45, 7) is -3.58. The Labute approximate surface area is 175 Å². The van der Waals surface area contributed by atoms with Crippen LogP contribution in [-0.4, -0.2) is 25.6 Å². The maximum absolute atomic E-state index is 13.4. The Balaban J connectivity index is 2.44. The Morgan fingerprint density at radius 2 is 0.742 bits per heavy atom. The van der Waals surface area contributed by atoms with E-state index in [9.17, 15) is 26.3 Å². The Hall–Kier alpha value is -2.41. The molecular weight excluding hydrogens is 441 g/mol. The summed E-state index contributed by atoms with van der Waals surface area (Å²) >= 11 is 0. The number of hydrogen-bond acceptors (Lipinski definition) is 2. The van der Waals surface area contributed by atoms with E-state index >= 15 is 0 Å². The van der Waals surface area contributed by atoms with Crippen molar-refractivity contribution in [1.82, 2.24) is 0 Å². The SMILES string of the molecule is FC(F)(F)COP(OCC(F)(F)F)(c1ccccc1)(c1ccccc1)c1ccccc1. The molecule has 0 aromatic heterocycles. The second-order valence-corrected chi connectivity index (χ2v) is 10.7. The molecular formula is C22H19F6O2P. The van der Waals surface area contributed by atoms with Crippen LogP contribution in [0, 0.1) is 0 Å². The van der Waals surface area contributed by atoms with Crippen molar-refractivity contribution in [2.75, 3.05) is 13.2 Å². The van der Waals surface area contributed by atoms with Crippen LogP contribution in [0.3, 0.4) is 0 Å². The van der Waals surface area contributed by atoms with Crippen LogP contribution in [0.5, 0.6) is 0 Å². The zero-order valence-corrected chi connectivity index (χ0v) is 17.0. The third-order valence-corrected chi connectivity index (χ3v) is 9.58. The van der Waals surface area contributed by atoms with E-state index < -0.39 is 32.6 Å². The number of hydrogen-bond donors (Lipinski definition) is 0. The van der Waals surface area contributed by atoms with Crippen LogP contribution in [0.4, 0.5) is 26.3 Å². The van der Waals surface area contributed by atoms with E-state index in [2.05, 4.69) is 0 Å². The Bertz CT molecular complexity index is 854. The summed E-state index contributed by atoms with van der Waals surface area (Å²) in [6, 6.07) is 22.6. The fraction of sp³-hybridized carbons (Fsp3) is 0.182. The first-order valence-corrected chi connectivity index (χ1v) is 11.3. The summed E-state index contributed by atoms with van der Waals surface area (Å²) in [5, 5.41) is 0.290. The van der Waals surface area contributed by atoms with Gasteiger partial charge in [0.15, 0.2) is 0 Å². The van der Waals surface area contributed by atoms with Gasteiger partial charge in [0, 0.05) is 0 Å². The average molecular weight is 460 g/mol. The molecule has 0 spiro atoms. The molecule has 0 aliphatic carbocycles. The van der Waals surface area contributed by atoms with E-state index in [1.54, 1.807) is 18.2 Å². The average Bonchev–Trinajstić information content (AvgIpc) is 2.75. The normalized spacial score (nSPS) is 14.1. The summed E-state index contributed by atoms with van der Waals surface area (Å²) in [6.07, 6.45) is -9.60. The van der Waals surface area contributed by atoms with Crippen molar-refractivity contribution < 1.29 is 35.4 Å². The van der Waals surface area contributed by atoms with E-state index in [0.29, 0.717) is 0 Å². The molecule has 2 nitrogen and oxygen atoms in total. The monoisotopic (exact) mass is 460 g/mol. The van der Waals surface area contributed by atoms with Gasteiger partial charge < -0.3 is 0 Å². The van der Waals surface area contributed by atoms with Crippen molar-refractivity contribution in [3.05, 3.63) is 91.0 Å². The van der Waals surface area contributed by atoms with Gasteiger partial charge in [-0.25, -0.2) is 0 Å². The van der Waals surface area contributed by atoms with E-state index in [-0.39, 0.29) is 15.9 Å². The predicted molar refractivity (Wildman–Crippen MR) is 109 cm³/mol. The summed E-state index contributed by atoms with van der Waals surface area (Å²) in [7, 11) is -5.16. The molecule has 3 rings (SSSR count). The van der Waals surface area contributed by atoms with Gasteiger partial charge in [-0.3, -0.25) is 0 Å². The van der Waals surface area contributed by atoms with Gasteiger partial charge in [-0.1, -0.05) is 0 Å². The quantitative estimate of drug-likeness (QED) is 0.342. The second-order valence-electron chi connectivity index (χ2n) is 6.74. The second kappa shape index (κ2) is 8.61. The van der Waals surface area contributed by atoms with Crippen LogP contribution in [0.25, 0.3) is 0 Å². The first kappa shape index (κ1) is 23.3. The zero-order valence-electron chi connectivity index (χ0n) is 16.1. The molecule has 3 aromatic carbocycles. The third-order valence-electron chi connectivity index (χ3n) is 4.62. The molecule has 0 saturated carbocycles. The molecule has 0 fully saturated rings. The number of benzene rings is 3. The summed E-state index contributed by atoms with van der Waals surface area (Å²) < 4.78 is 91.6. The Morgan fingerprint density at radius 3 is 0.968 bits per heavy atom. The van der Waals surface area contributed by atoms with Crippen LogP contribution in [-0.2, 0) is 9.05 Å². The van der Waals surface area contributed by atoms with Crippen LogP contribution < -0.4 is 15.9 Å². The van der Waals surface area contributed by atoms with Crippen molar-refractivity contribution in [3.63, 3.8) is 0 Å². The van der Waals surface area contributed by atoms with Crippen LogP contribution in [0.15, 0.2) is 91.0 Å². The fourth-order valence-corrected chi connectivity index (χ4v) is 8.21. The van der Waals surface area contributed by atoms with E-state index in [1.165, 1.54) is 72.8 Å². The van der Waals surface area contributed by atoms with Gasteiger partial charge in [0.05, 0.1) is 0 Å². The number of rotatable bonds is 7. The Kier molecular flexibility index (Phi) is 6.46. The fourth-order valence-electron chi connectivity index (χ4n) is 3.42. The van der Waals surface area contributed by atoms with Crippen LogP contribution in [0.2, 0.25) is 0 Å². The molecule has 0 amide bonds. The third kappa shape index (κ3) is 4.76. The van der Waals surface area contributed by atoms with Crippen molar-refractivity contribution >= 4 is 23.0 Å².